The van der Waals surface area contributed by atoms with Gasteiger partial charge in [0.25, 0.3) is 0 Å². The lowest BCUT2D eigenvalue weighted by molar-refractivity contribution is 0.182. The molecular weight excluding hydrogens is 352 g/mol. The average molecular weight is 365 g/mol. The lowest BCUT2D eigenvalue weighted by atomic mass is 10.2. The summed E-state index contributed by atoms with van der Waals surface area (Å²) in [6, 6.07) is 10.2. The minimum absolute atomic E-state index is 0. The van der Waals surface area contributed by atoms with E-state index in [9.17, 15) is 15.1 Å². The minimum Gasteiger partial charge on any atom is -0.508 e. The Balaban J connectivity index is 0.00000176. The molecule has 2 aromatic heterocycles. The number of phenolic OH excluding ortho intramolecular Hbond substituents is 1. The number of para-hydroxylation sites is 1. The molecule has 2 heterocycles. The maximum Gasteiger partial charge on any atom is 0.384 e. The summed E-state index contributed by atoms with van der Waals surface area (Å²) in [5, 5.41) is 22.8. The van der Waals surface area contributed by atoms with Gasteiger partial charge in [0.15, 0.2) is 5.65 Å². The van der Waals surface area contributed by atoms with Crippen LogP contribution in [0.1, 0.15) is 5.56 Å². The molecule has 3 rings (SSSR count). The first kappa shape index (κ1) is 15.8. The number of phenols is 1. The number of benzene rings is 1. The van der Waals surface area contributed by atoms with E-state index in [2.05, 4.69) is 15.3 Å². The molecule has 0 atom stereocenters. The van der Waals surface area contributed by atoms with Gasteiger partial charge in [-0.3, -0.25) is 0 Å². The molecule has 114 valence electrons. The molecular formula is C14H13BrN4O3. The Morgan fingerprint density at radius 2 is 1.95 bits per heavy atom. The lowest BCUT2D eigenvalue weighted by Crippen LogP contribution is -2.23. The third kappa shape index (κ3) is 2.86. The van der Waals surface area contributed by atoms with Crippen LogP contribution in [0.25, 0.3) is 11.0 Å². The van der Waals surface area contributed by atoms with Crippen LogP contribution in [0.4, 0.5) is 5.82 Å². The number of nitrogens with one attached hydrogen (secondary N) is 1. The Hall–Kier alpha value is -2.61. The van der Waals surface area contributed by atoms with Crippen LogP contribution in [0.2, 0.25) is 0 Å². The van der Waals surface area contributed by atoms with Crippen LogP contribution in [0, 0.1) is 0 Å². The van der Waals surface area contributed by atoms with Gasteiger partial charge in [-0.25, -0.2) is 9.78 Å². The van der Waals surface area contributed by atoms with Crippen molar-refractivity contribution in [1.82, 2.24) is 14.7 Å². The first-order valence-corrected chi connectivity index (χ1v) is 6.24. The molecule has 8 heteroatoms. The van der Waals surface area contributed by atoms with Crippen molar-refractivity contribution in [1.29, 1.82) is 0 Å². The first-order valence-electron chi connectivity index (χ1n) is 6.24. The zero-order chi connectivity index (χ0) is 14.8. The fourth-order valence-electron chi connectivity index (χ4n) is 2.02. The van der Waals surface area contributed by atoms with Crippen LogP contribution in [0.15, 0.2) is 47.4 Å². The van der Waals surface area contributed by atoms with E-state index in [1.54, 1.807) is 36.4 Å². The number of hydrogen-bond acceptors (Lipinski definition) is 6. The predicted molar refractivity (Wildman–Crippen MR) is 86.7 cm³/mol. The average Bonchev–Trinajstić information content (AvgIpc) is 2.51. The molecule has 0 radical (unpaired) electrons. The second-order valence-electron chi connectivity index (χ2n) is 4.41. The van der Waals surface area contributed by atoms with Crippen molar-refractivity contribution in [2.45, 2.75) is 6.54 Å². The number of hydrogen-bond donors (Lipinski definition) is 3. The number of nitrogens with zero attached hydrogens (tertiary/aromatic N) is 3. The second kappa shape index (κ2) is 6.44. The van der Waals surface area contributed by atoms with E-state index < -0.39 is 5.69 Å². The van der Waals surface area contributed by atoms with E-state index in [0.29, 0.717) is 28.0 Å². The summed E-state index contributed by atoms with van der Waals surface area (Å²) in [4.78, 5) is 19.3. The minimum atomic E-state index is -0.819. The van der Waals surface area contributed by atoms with Gasteiger partial charge in [0, 0.05) is 18.3 Å². The van der Waals surface area contributed by atoms with Gasteiger partial charge in [-0.1, -0.05) is 18.2 Å². The van der Waals surface area contributed by atoms with Crippen LogP contribution >= 0.6 is 17.0 Å². The summed E-state index contributed by atoms with van der Waals surface area (Å²) in [6.45, 7) is 0.290. The van der Waals surface area contributed by atoms with Crippen molar-refractivity contribution in [3.05, 3.63) is 58.6 Å². The molecule has 0 aliphatic heterocycles. The molecule has 3 N–H and O–H groups in total. The van der Waals surface area contributed by atoms with E-state index in [1.807, 2.05) is 0 Å². The highest BCUT2D eigenvalue weighted by atomic mass is 79.9. The molecule has 0 aliphatic rings. The predicted octanol–water partition coefficient (Wildman–Crippen LogP) is 1.92. The van der Waals surface area contributed by atoms with Crippen LogP contribution in [0.5, 0.6) is 5.75 Å². The van der Waals surface area contributed by atoms with Crippen molar-refractivity contribution in [2.24, 2.45) is 0 Å². The van der Waals surface area contributed by atoms with Gasteiger partial charge in [0.1, 0.15) is 11.6 Å². The van der Waals surface area contributed by atoms with Crippen LogP contribution < -0.4 is 11.0 Å². The highest BCUT2D eigenvalue weighted by Crippen LogP contribution is 2.20. The number of rotatable bonds is 3. The first-order chi connectivity index (χ1) is 10.2. The molecule has 0 amide bonds. The quantitative estimate of drug-likeness (QED) is 0.614. The highest BCUT2D eigenvalue weighted by molar-refractivity contribution is 8.93. The third-order valence-electron chi connectivity index (χ3n) is 3.07. The van der Waals surface area contributed by atoms with Gasteiger partial charge in [0.05, 0.1) is 5.39 Å². The molecule has 7 nitrogen and oxygen atoms in total. The Morgan fingerprint density at radius 1 is 1.18 bits per heavy atom. The number of aromatic hydroxyl groups is 1. The highest BCUT2D eigenvalue weighted by Gasteiger charge is 2.10. The van der Waals surface area contributed by atoms with Gasteiger partial charge in [-0.2, -0.15) is 4.98 Å². The Kier molecular flexibility index (Phi) is 4.62. The summed E-state index contributed by atoms with van der Waals surface area (Å²) >= 11 is 0. The van der Waals surface area contributed by atoms with Crippen molar-refractivity contribution < 1.29 is 10.3 Å². The monoisotopic (exact) mass is 364 g/mol. The molecule has 3 aromatic rings. The maximum atomic E-state index is 11.6. The van der Waals surface area contributed by atoms with E-state index in [0.717, 1.165) is 0 Å². The number of anilines is 1. The van der Waals surface area contributed by atoms with Crippen molar-refractivity contribution >= 4 is 33.8 Å². The Labute approximate surface area is 135 Å². The standard InChI is InChI=1S/C14H12N4O3.BrH/c19-11-6-2-1-4-9(11)8-16-12-10-5-3-7-15-13(10)18(21)14(20)17-12;/h1-7,19,21H,8H2,(H,16,17,20);1H. The summed E-state index contributed by atoms with van der Waals surface area (Å²) in [6.07, 6.45) is 1.47. The van der Waals surface area contributed by atoms with E-state index in [-0.39, 0.29) is 28.4 Å². The van der Waals surface area contributed by atoms with Crippen molar-refractivity contribution in [3.8, 4) is 5.75 Å². The summed E-state index contributed by atoms with van der Waals surface area (Å²) in [7, 11) is 0. The van der Waals surface area contributed by atoms with Gasteiger partial charge >= 0.3 is 5.69 Å². The Morgan fingerprint density at radius 3 is 2.73 bits per heavy atom. The second-order valence-corrected chi connectivity index (χ2v) is 4.41. The molecule has 0 fully saturated rings. The van der Waals surface area contributed by atoms with E-state index in [4.69, 9.17) is 0 Å². The fraction of sp³-hybridized carbons (Fsp3) is 0.0714. The summed E-state index contributed by atoms with van der Waals surface area (Å²) in [5.74, 6) is 0.458. The number of aromatic nitrogens is 3. The Bertz CT molecular complexity index is 866. The normalized spacial score (nSPS) is 10.2. The lowest BCUT2D eigenvalue weighted by Gasteiger charge is -2.10. The van der Waals surface area contributed by atoms with Gasteiger partial charge in [-0.05, 0) is 18.2 Å². The maximum absolute atomic E-state index is 11.6. The number of pyridine rings is 1. The molecule has 0 unspecified atom stereocenters. The smallest absolute Gasteiger partial charge is 0.384 e. The topological polar surface area (TPSA) is 100 Å². The van der Waals surface area contributed by atoms with Crippen molar-refractivity contribution in [2.75, 3.05) is 5.32 Å². The molecule has 0 saturated heterocycles. The SMILES string of the molecule is Br.O=c1nc(NCc2ccccc2O)c2cccnc2n1O. The number of halogens is 1. The largest absolute Gasteiger partial charge is 0.508 e. The molecule has 0 aliphatic carbocycles. The zero-order valence-corrected chi connectivity index (χ0v) is 13.0. The van der Waals surface area contributed by atoms with Crippen LogP contribution in [0.3, 0.4) is 0 Å². The molecule has 1 aromatic carbocycles. The molecule has 0 spiro atoms. The van der Waals surface area contributed by atoms with Gasteiger partial charge in [-0.15, -0.1) is 21.7 Å². The zero-order valence-electron chi connectivity index (χ0n) is 11.3. The van der Waals surface area contributed by atoms with Crippen molar-refractivity contribution in [3.63, 3.8) is 0 Å². The summed E-state index contributed by atoms with van der Waals surface area (Å²) in [5.41, 5.74) is -0.0252. The molecule has 0 bridgehead atoms. The van der Waals surface area contributed by atoms with E-state index in [1.165, 1.54) is 6.20 Å². The van der Waals surface area contributed by atoms with Crippen LogP contribution in [-0.4, -0.2) is 25.0 Å². The summed E-state index contributed by atoms with van der Waals surface area (Å²) < 4.78 is 0.403. The van der Waals surface area contributed by atoms with E-state index >= 15 is 0 Å². The van der Waals surface area contributed by atoms with Crippen LogP contribution in [-0.2, 0) is 6.54 Å². The van der Waals surface area contributed by atoms with Gasteiger partial charge in [0.2, 0.25) is 0 Å². The molecule has 22 heavy (non-hydrogen) atoms. The third-order valence-corrected chi connectivity index (χ3v) is 3.07. The fourth-order valence-corrected chi connectivity index (χ4v) is 2.02. The molecule has 0 saturated carbocycles. The number of fused-ring (bicyclic) bond motifs is 1. The van der Waals surface area contributed by atoms with Gasteiger partial charge < -0.3 is 15.6 Å².